The highest BCUT2D eigenvalue weighted by Crippen LogP contribution is 2.38. The van der Waals surface area contributed by atoms with Gasteiger partial charge in [-0.05, 0) is 17.5 Å². The van der Waals surface area contributed by atoms with Crippen LogP contribution in [-0.4, -0.2) is 48.0 Å². The number of aromatic nitrogens is 4. The van der Waals surface area contributed by atoms with Gasteiger partial charge < -0.3 is 25.3 Å². The number of pyridine rings is 1. The van der Waals surface area contributed by atoms with Crippen LogP contribution < -0.4 is 10.5 Å². The van der Waals surface area contributed by atoms with Gasteiger partial charge in [0.1, 0.15) is 41.9 Å². The van der Waals surface area contributed by atoms with Crippen molar-refractivity contribution in [3.8, 4) is 5.75 Å². The van der Waals surface area contributed by atoms with Crippen molar-refractivity contribution >= 4 is 27.6 Å². The maximum Gasteiger partial charge on any atom is 0.154 e. The molecule has 4 aromatic rings. The number of nitrogen functional groups attached to an aromatic ring is 1. The smallest absolute Gasteiger partial charge is 0.154 e. The molecular formula is C20H18FN5O3. The predicted molar refractivity (Wildman–Crippen MR) is 104 cm³/mol. The molecule has 1 aliphatic carbocycles. The zero-order valence-corrected chi connectivity index (χ0v) is 15.2. The van der Waals surface area contributed by atoms with Crippen molar-refractivity contribution in [2.45, 2.75) is 30.8 Å². The summed E-state index contributed by atoms with van der Waals surface area (Å²) in [5.74, 6) is 0.00207. The standard InChI is InChI=1S/C20H18FN5O3/c21-12-8-26(20-16(12)19(22)24-9-25-20)13-6-15(18(28)17(13)27)29-14-3-1-2-10-4-5-23-7-11(10)14/h1-5,7-9,13,15,17-18,27-28H,6H2,(H2,22,24,25). The van der Waals surface area contributed by atoms with Crippen LogP contribution in [0.5, 0.6) is 5.75 Å². The number of halogens is 1. The summed E-state index contributed by atoms with van der Waals surface area (Å²) in [5, 5.41) is 23.1. The number of ether oxygens (including phenoxy) is 1. The van der Waals surface area contributed by atoms with E-state index in [2.05, 4.69) is 15.0 Å². The Balaban J connectivity index is 1.49. The molecule has 0 amide bonds. The van der Waals surface area contributed by atoms with E-state index in [1.807, 2.05) is 18.2 Å². The number of nitrogens with zero attached hydrogens (tertiary/aromatic N) is 4. The van der Waals surface area contributed by atoms with Gasteiger partial charge in [0, 0.05) is 30.4 Å². The second-order valence-corrected chi connectivity index (χ2v) is 7.14. The number of fused-ring (bicyclic) bond motifs is 2. The summed E-state index contributed by atoms with van der Waals surface area (Å²) in [5.41, 5.74) is 6.03. The summed E-state index contributed by atoms with van der Waals surface area (Å²) in [7, 11) is 0. The van der Waals surface area contributed by atoms with Gasteiger partial charge in [0.25, 0.3) is 0 Å². The van der Waals surface area contributed by atoms with E-state index in [1.54, 1.807) is 18.5 Å². The first-order valence-electron chi connectivity index (χ1n) is 9.16. The van der Waals surface area contributed by atoms with Crippen LogP contribution in [0.15, 0.2) is 49.2 Å². The third kappa shape index (κ3) is 2.78. The van der Waals surface area contributed by atoms with Gasteiger partial charge >= 0.3 is 0 Å². The van der Waals surface area contributed by atoms with Crippen molar-refractivity contribution in [3.63, 3.8) is 0 Å². The molecule has 3 heterocycles. The highest BCUT2D eigenvalue weighted by molar-refractivity contribution is 5.87. The second kappa shape index (κ2) is 6.64. The van der Waals surface area contributed by atoms with Gasteiger partial charge in [-0.1, -0.05) is 12.1 Å². The number of nitrogens with two attached hydrogens (primary N) is 1. The van der Waals surface area contributed by atoms with Gasteiger partial charge in [0.05, 0.1) is 11.4 Å². The lowest BCUT2D eigenvalue weighted by Crippen LogP contribution is -2.34. The first-order valence-corrected chi connectivity index (χ1v) is 9.16. The van der Waals surface area contributed by atoms with Crippen LogP contribution in [0, 0.1) is 5.82 Å². The summed E-state index contributed by atoms with van der Waals surface area (Å²) >= 11 is 0. The van der Waals surface area contributed by atoms with E-state index in [1.165, 1.54) is 17.1 Å². The van der Waals surface area contributed by atoms with E-state index in [0.29, 0.717) is 5.75 Å². The minimum Gasteiger partial charge on any atom is -0.487 e. The molecule has 1 aromatic carbocycles. The first-order chi connectivity index (χ1) is 14.0. The van der Waals surface area contributed by atoms with E-state index in [0.717, 1.165) is 10.8 Å². The predicted octanol–water partition coefficient (Wildman–Crippen LogP) is 1.81. The van der Waals surface area contributed by atoms with Crippen LogP contribution in [0.4, 0.5) is 10.2 Å². The van der Waals surface area contributed by atoms with Gasteiger partial charge in [-0.2, -0.15) is 0 Å². The highest BCUT2D eigenvalue weighted by atomic mass is 19.1. The molecule has 8 nitrogen and oxygen atoms in total. The third-order valence-corrected chi connectivity index (χ3v) is 5.47. The lowest BCUT2D eigenvalue weighted by molar-refractivity contribution is -0.0160. The normalized spacial score (nSPS) is 24.4. The Hall–Kier alpha value is -3.30. The first kappa shape index (κ1) is 17.8. The Labute approximate surface area is 164 Å². The zero-order chi connectivity index (χ0) is 20.1. The molecule has 1 saturated carbocycles. The lowest BCUT2D eigenvalue weighted by Gasteiger charge is -2.19. The molecule has 4 atom stereocenters. The number of anilines is 1. The average molecular weight is 395 g/mol. The highest BCUT2D eigenvalue weighted by Gasteiger charge is 2.45. The maximum absolute atomic E-state index is 14.4. The minimum absolute atomic E-state index is 0.0235. The minimum atomic E-state index is -1.17. The molecule has 0 radical (unpaired) electrons. The van der Waals surface area contributed by atoms with Gasteiger partial charge in [-0.15, -0.1) is 0 Å². The molecule has 0 saturated heterocycles. The number of benzene rings is 1. The van der Waals surface area contributed by atoms with Crippen LogP contribution in [0.25, 0.3) is 21.8 Å². The lowest BCUT2D eigenvalue weighted by atomic mass is 10.1. The van der Waals surface area contributed by atoms with Crippen molar-refractivity contribution in [2.75, 3.05) is 5.73 Å². The van der Waals surface area contributed by atoms with Gasteiger partial charge in [-0.3, -0.25) is 4.98 Å². The Kier molecular flexibility index (Phi) is 4.07. The quantitative estimate of drug-likeness (QED) is 0.484. The SMILES string of the molecule is Nc1ncnc2c1c(F)cn2C1CC(Oc2cccc3ccncc23)C(O)C1O. The van der Waals surface area contributed by atoms with E-state index in [4.69, 9.17) is 10.5 Å². The molecule has 1 fully saturated rings. The van der Waals surface area contributed by atoms with Gasteiger partial charge in [0.15, 0.2) is 5.82 Å². The van der Waals surface area contributed by atoms with Gasteiger partial charge in [0.2, 0.25) is 0 Å². The fourth-order valence-electron chi connectivity index (χ4n) is 4.03. The molecule has 9 heteroatoms. The topological polar surface area (TPSA) is 119 Å². The van der Waals surface area contributed by atoms with Crippen molar-refractivity contribution in [1.29, 1.82) is 0 Å². The van der Waals surface area contributed by atoms with Crippen molar-refractivity contribution in [2.24, 2.45) is 0 Å². The van der Waals surface area contributed by atoms with Crippen molar-refractivity contribution in [1.82, 2.24) is 19.5 Å². The Morgan fingerprint density at radius 1 is 1.17 bits per heavy atom. The molecule has 0 aliphatic heterocycles. The molecule has 0 bridgehead atoms. The van der Waals surface area contributed by atoms with Crippen LogP contribution in [0.1, 0.15) is 12.5 Å². The number of hydrogen-bond acceptors (Lipinski definition) is 7. The Bertz CT molecular complexity index is 1210. The number of aliphatic hydroxyl groups excluding tert-OH is 2. The largest absolute Gasteiger partial charge is 0.487 e. The molecular weight excluding hydrogens is 377 g/mol. The van der Waals surface area contributed by atoms with Crippen molar-refractivity contribution < 1.29 is 19.3 Å². The van der Waals surface area contributed by atoms with E-state index in [9.17, 15) is 14.6 Å². The zero-order valence-electron chi connectivity index (χ0n) is 15.2. The molecule has 148 valence electrons. The number of rotatable bonds is 3. The number of hydrogen-bond donors (Lipinski definition) is 3. The third-order valence-electron chi connectivity index (χ3n) is 5.47. The average Bonchev–Trinajstić information content (AvgIpc) is 3.20. The molecule has 29 heavy (non-hydrogen) atoms. The van der Waals surface area contributed by atoms with Crippen LogP contribution in [0.2, 0.25) is 0 Å². The van der Waals surface area contributed by atoms with E-state index in [-0.39, 0.29) is 23.3 Å². The monoisotopic (exact) mass is 395 g/mol. The van der Waals surface area contributed by atoms with Crippen LogP contribution in [0.3, 0.4) is 0 Å². The summed E-state index contributed by atoms with van der Waals surface area (Å²) in [6, 6.07) is 6.80. The molecule has 4 N–H and O–H groups in total. The van der Waals surface area contributed by atoms with E-state index < -0.39 is 30.2 Å². The molecule has 1 aliphatic rings. The number of aliphatic hydroxyl groups is 2. The van der Waals surface area contributed by atoms with Crippen LogP contribution in [-0.2, 0) is 0 Å². The summed E-state index contributed by atoms with van der Waals surface area (Å²) < 4.78 is 21.9. The maximum atomic E-state index is 14.4. The second-order valence-electron chi connectivity index (χ2n) is 7.14. The summed E-state index contributed by atoms with van der Waals surface area (Å²) in [6.07, 6.45) is 3.07. The Morgan fingerprint density at radius 3 is 2.90 bits per heavy atom. The molecule has 0 spiro atoms. The summed E-state index contributed by atoms with van der Waals surface area (Å²) in [4.78, 5) is 12.0. The fourth-order valence-corrected chi connectivity index (χ4v) is 4.03. The molecule has 3 aromatic heterocycles. The van der Waals surface area contributed by atoms with Gasteiger partial charge in [-0.25, -0.2) is 14.4 Å². The fraction of sp³-hybridized carbons (Fsp3) is 0.250. The summed E-state index contributed by atoms with van der Waals surface area (Å²) in [6.45, 7) is 0. The Morgan fingerprint density at radius 2 is 2.03 bits per heavy atom. The molecule has 5 rings (SSSR count). The van der Waals surface area contributed by atoms with Crippen LogP contribution >= 0.6 is 0 Å². The van der Waals surface area contributed by atoms with Crippen molar-refractivity contribution in [3.05, 3.63) is 55.0 Å². The molecule has 4 unspecified atom stereocenters. The van der Waals surface area contributed by atoms with E-state index >= 15 is 0 Å².